The monoisotopic (exact) mass is 239 g/mol. The Morgan fingerprint density at radius 1 is 1.35 bits per heavy atom. The van der Waals surface area contributed by atoms with E-state index in [1.165, 1.54) is 12.1 Å². The Morgan fingerprint density at radius 3 is 2.59 bits per heavy atom. The molecule has 3 heteroatoms. The Bertz CT molecular complexity index is 352. The predicted molar refractivity (Wildman–Crippen MR) is 69.0 cm³/mol. The van der Waals surface area contributed by atoms with Crippen LogP contribution in [-0.2, 0) is 0 Å². The Kier molecular flexibility index (Phi) is 5.42. The van der Waals surface area contributed by atoms with Crippen molar-refractivity contribution in [2.75, 3.05) is 6.54 Å². The molecule has 1 aromatic rings. The Balaban J connectivity index is 2.60. The number of benzene rings is 1. The first-order valence-corrected chi connectivity index (χ1v) is 6.19. The highest BCUT2D eigenvalue weighted by molar-refractivity contribution is 5.32. The van der Waals surface area contributed by atoms with Crippen LogP contribution >= 0.6 is 0 Å². The van der Waals surface area contributed by atoms with Gasteiger partial charge in [-0.1, -0.05) is 20.8 Å². The van der Waals surface area contributed by atoms with Gasteiger partial charge < -0.3 is 10.1 Å². The van der Waals surface area contributed by atoms with Crippen molar-refractivity contribution in [3.05, 3.63) is 29.6 Å². The molecule has 1 aromatic carbocycles. The van der Waals surface area contributed by atoms with Gasteiger partial charge in [0.05, 0.1) is 0 Å². The van der Waals surface area contributed by atoms with Crippen LogP contribution in [0.2, 0.25) is 0 Å². The average Bonchev–Trinajstić information content (AvgIpc) is 2.26. The second-order valence-corrected chi connectivity index (χ2v) is 4.62. The molecule has 96 valence electrons. The molecule has 0 bridgehead atoms. The van der Waals surface area contributed by atoms with E-state index in [1.807, 2.05) is 6.92 Å². The van der Waals surface area contributed by atoms with Gasteiger partial charge in [-0.25, -0.2) is 4.39 Å². The molecule has 0 saturated heterocycles. The van der Waals surface area contributed by atoms with Crippen molar-refractivity contribution < 1.29 is 9.13 Å². The molecule has 1 rings (SSSR count). The maximum absolute atomic E-state index is 13.0. The van der Waals surface area contributed by atoms with Crippen molar-refractivity contribution in [3.8, 4) is 5.75 Å². The van der Waals surface area contributed by atoms with E-state index in [0.29, 0.717) is 6.04 Å². The molecule has 17 heavy (non-hydrogen) atoms. The van der Waals surface area contributed by atoms with Gasteiger partial charge in [0.25, 0.3) is 0 Å². The van der Waals surface area contributed by atoms with E-state index in [-0.39, 0.29) is 11.9 Å². The standard InChI is InChI=1S/C14H22FNO/c1-5-13(9-16-10(2)3)17-14-7-6-12(15)8-11(14)4/h6-8,10,13,16H,5,9H2,1-4H3. The third kappa shape index (κ3) is 4.73. The number of halogens is 1. The summed E-state index contributed by atoms with van der Waals surface area (Å²) in [7, 11) is 0. The van der Waals surface area contributed by atoms with E-state index in [2.05, 4.69) is 26.1 Å². The molecule has 0 aliphatic heterocycles. The molecule has 0 fully saturated rings. The van der Waals surface area contributed by atoms with Crippen LogP contribution in [0.3, 0.4) is 0 Å². The zero-order chi connectivity index (χ0) is 12.8. The topological polar surface area (TPSA) is 21.3 Å². The number of hydrogen-bond acceptors (Lipinski definition) is 2. The maximum atomic E-state index is 13.0. The number of hydrogen-bond donors (Lipinski definition) is 1. The molecule has 0 saturated carbocycles. The van der Waals surface area contributed by atoms with Gasteiger partial charge in [-0.2, -0.15) is 0 Å². The zero-order valence-corrected chi connectivity index (χ0v) is 11.1. The lowest BCUT2D eigenvalue weighted by Gasteiger charge is -2.20. The average molecular weight is 239 g/mol. The van der Waals surface area contributed by atoms with E-state index in [4.69, 9.17) is 4.74 Å². The van der Waals surface area contributed by atoms with Crippen molar-refractivity contribution in [2.45, 2.75) is 46.3 Å². The summed E-state index contributed by atoms with van der Waals surface area (Å²) in [6, 6.07) is 5.08. The summed E-state index contributed by atoms with van der Waals surface area (Å²) in [5.41, 5.74) is 0.841. The first-order valence-electron chi connectivity index (χ1n) is 6.19. The number of rotatable bonds is 6. The molecule has 0 aliphatic carbocycles. The van der Waals surface area contributed by atoms with Gasteiger partial charge in [-0.05, 0) is 37.1 Å². The minimum atomic E-state index is -0.219. The third-order valence-corrected chi connectivity index (χ3v) is 2.64. The quantitative estimate of drug-likeness (QED) is 0.822. The van der Waals surface area contributed by atoms with Crippen molar-refractivity contribution in [1.82, 2.24) is 5.32 Å². The fraction of sp³-hybridized carbons (Fsp3) is 0.571. The highest BCUT2D eigenvalue weighted by atomic mass is 19.1. The summed E-state index contributed by atoms with van der Waals surface area (Å²) in [4.78, 5) is 0. The van der Waals surface area contributed by atoms with Crippen LogP contribution in [-0.4, -0.2) is 18.7 Å². The third-order valence-electron chi connectivity index (χ3n) is 2.64. The second kappa shape index (κ2) is 6.60. The smallest absolute Gasteiger partial charge is 0.123 e. The summed E-state index contributed by atoms with van der Waals surface area (Å²) in [5, 5.41) is 3.35. The summed E-state index contributed by atoms with van der Waals surface area (Å²) in [5.74, 6) is 0.548. The first kappa shape index (κ1) is 14.0. The summed E-state index contributed by atoms with van der Waals surface area (Å²) in [6.07, 6.45) is 1.05. The lowest BCUT2D eigenvalue weighted by atomic mass is 10.2. The van der Waals surface area contributed by atoms with Crippen molar-refractivity contribution in [2.24, 2.45) is 0 Å². The van der Waals surface area contributed by atoms with Gasteiger partial charge in [0.1, 0.15) is 17.7 Å². The van der Waals surface area contributed by atoms with Crippen LogP contribution in [0.25, 0.3) is 0 Å². The molecule has 0 aliphatic rings. The Morgan fingerprint density at radius 2 is 2.06 bits per heavy atom. The summed E-state index contributed by atoms with van der Waals surface area (Å²) >= 11 is 0. The second-order valence-electron chi connectivity index (χ2n) is 4.62. The lowest BCUT2D eigenvalue weighted by Crippen LogP contribution is -2.35. The van der Waals surface area contributed by atoms with E-state index >= 15 is 0 Å². The summed E-state index contributed by atoms with van der Waals surface area (Å²) in [6.45, 7) is 8.98. The van der Waals surface area contributed by atoms with Crippen LogP contribution in [0, 0.1) is 12.7 Å². The Hall–Kier alpha value is -1.09. The van der Waals surface area contributed by atoms with Gasteiger partial charge >= 0.3 is 0 Å². The van der Waals surface area contributed by atoms with E-state index in [9.17, 15) is 4.39 Å². The molecule has 0 amide bonds. The molecule has 0 radical (unpaired) electrons. The lowest BCUT2D eigenvalue weighted by molar-refractivity contribution is 0.188. The van der Waals surface area contributed by atoms with Gasteiger partial charge in [0, 0.05) is 12.6 Å². The normalized spacial score (nSPS) is 12.8. The SMILES string of the molecule is CCC(CNC(C)C)Oc1ccc(F)cc1C. The van der Waals surface area contributed by atoms with Crippen LogP contribution < -0.4 is 10.1 Å². The van der Waals surface area contributed by atoms with E-state index in [1.54, 1.807) is 6.07 Å². The van der Waals surface area contributed by atoms with Crippen molar-refractivity contribution in [3.63, 3.8) is 0 Å². The van der Waals surface area contributed by atoms with Crippen LogP contribution in [0.1, 0.15) is 32.8 Å². The molecule has 0 spiro atoms. The van der Waals surface area contributed by atoms with Gasteiger partial charge in [-0.3, -0.25) is 0 Å². The molecular weight excluding hydrogens is 217 g/mol. The molecule has 1 unspecified atom stereocenters. The van der Waals surface area contributed by atoms with Crippen LogP contribution in [0.4, 0.5) is 4.39 Å². The maximum Gasteiger partial charge on any atom is 0.123 e. The number of nitrogens with one attached hydrogen (secondary N) is 1. The molecule has 0 heterocycles. The highest BCUT2D eigenvalue weighted by Gasteiger charge is 2.10. The van der Waals surface area contributed by atoms with Gasteiger partial charge in [0.2, 0.25) is 0 Å². The highest BCUT2D eigenvalue weighted by Crippen LogP contribution is 2.20. The fourth-order valence-electron chi connectivity index (χ4n) is 1.56. The predicted octanol–water partition coefficient (Wildman–Crippen LogP) is 3.29. The number of aryl methyl sites for hydroxylation is 1. The van der Waals surface area contributed by atoms with Gasteiger partial charge in [0.15, 0.2) is 0 Å². The molecule has 0 aromatic heterocycles. The van der Waals surface area contributed by atoms with Crippen molar-refractivity contribution in [1.29, 1.82) is 0 Å². The van der Waals surface area contributed by atoms with Gasteiger partial charge in [-0.15, -0.1) is 0 Å². The largest absolute Gasteiger partial charge is 0.489 e. The molecule has 2 nitrogen and oxygen atoms in total. The summed E-state index contributed by atoms with van der Waals surface area (Å²) < 4.78 is 18.8. The van der Waals surface area contributed by atoms with E-state index in [0.717, 1.165) is 24.3 Å². The van der Waals surface area contributed by atoms with E-state index < -0.39 is 0 Å². The molecular formula is C14H22FNO. The van der Waals surface area contributed by atoms with Crippen LogP contribution in [0.15, 0.2) is 18.2 Å². The zero-order valence-electron chi connectivity index (χ0n) is 11.1. The molecule has 1 N–H and O–H groups in total. The minimum absolute atomic E-state index is 0.126. The fourth-order valence-corrected chi connectivity index (χ4v) is 1.56. The van der Waals surface area contributed by atoms with Crippen molar-refractivity contribution >= 4 is 0 Å². The van der Waals surface area contributed by atoms with Crippen LogP contribution in [0.5, 0.6) is 5.75 Å². The minimum Gasteiger partial charge on any atom is -0.489 e. The molecule has 1 atom stereocenters. The number of ether oxygens (including phenoxy) is 1. The Labute approximate surface area is 103 Å². The first-order chi connectivity index (χ1) is 8.02.